The summed E-state index contributed by atoms with van der Waals surface area (Å²) in [4.78, 5) is 13.8. The molecule has 2 N–H and O–H groups in total. The Morgan fingerprint density at radius 1 is 1.14 bits per heavy atom. The molecule has 0 saturated heterocycles. The van der Waals surface area contributed by atoms with E-state index < -0.39 is 0 Å². The maximum Gasteiger partial charge on any atom is 0.341 e. The number of rotatable bonds is 5. The lowest BCUT2D eigenvalue weighted by atomic mass is 10.0. The molecule has 0 amide bonds. The van der Waals surface area contributed by atoms with Gasteiger partial charge in [-0.3, -0.25) is 0 Å². The second-order valence-corrected chi connectivity index (χ2v) is 8.43. The average Bonchev–Trinajstić information content (AvgIpc) is 3.01. The Morgan fingerprint density at radius 2 is 1.86 bits per heavy atom. The van der Waals surface area contributed by atoms with Crippen LogP contribution in [0.25, 0.3) is 11.1 Å². The van der Waals surface area contributed by atoms with Crippen molar-refractivity contribution in [1.82, 2.24) is 0 Å². The number of hydrogen-bond donors (Lipinski definition) is 2. The van der Waals surface area contributed by atoms with Gasteiger partial charge in [-0.05, 0) is 56.2 Å². The van der Waals surface area contributed by atoms with Gasteiger partial charge in [0, 0.05) is 21.2 Å². The lowest BCUT2D eigenvalue weighted by molar-refractivity contribution is 0.0529. The molecule has 3 aromatic rings. The maximum atomic E-state index is 12.8. The van der Waals surface area contributed by atoms with Crippen molar-refractivity contribution in [2.24, 2.45) is 0 Å². The number of carbonyl (C=O) groups excluding carboxylic acids is 1. The Bertz CT molecular complexity index is 1050. The van der Waals surface area contributed by atoms with Crippen molar-refractivity contribution in [3.63, 3.8) is 0 Å². The molecule has 0 unspecified atom stereocenters. The number of nitrogens with one attached hydrogen (secondary N) is 2. The number of benzene rings is 2. The minimum Gasteiger partial charge on any atom is -0.462 e. The van der Waals surface area contributed by atoms with E-state index in [-0.39, 0.29) is 5.97 Å². The first kappa shape index (κ1) is 21.3. The largest absolute Gasteiger partial charge is 0.462 e. The van der Waals surface area contributed by atoms with Gasteiger partial charge in [0.15, 0.2) is 5.11 Å². The standard InChI is InChI=1S/C22H21ClN2O2S2/c1-4-27-21(26)19-18(15-8-6-5-7-9-15)14(3)29-20(19)25-22(28)24-17-12-16(23)11-10-13(17)2/h5-12H,4H2,1-3H3,(H2,24,25,28). The monoisotopic (exact) mass is 444 g/mol. The summed E-state index contributed by atoms with van der Waals surface area (Å²) in [6.45, 7) is 6.04. The predicted octanol–water partition coefficient (Wildman–Crippen LogP) is 6.67. The minimum absolute atomic E-state index is 0.297. The van der Waals surface area contributed by atoms with Crippen molar-refractivity contribution in [3.8, 4) is 11.1 Å². The lowest BCUT2D eigenvalue weighted by Gasteiger charge is -2.13. The summed E-state index contributed by atoms with van der Waals surface area (Å²) >= 11 is 13.1. The number of thiocarbonyl (C=S) groups is 1. The highest BCUT2D eigenvalue weighted by molar-refractivity contribution is 7.80. The van der Waals surface area contributed by atoms with E-state index in [0.29, 0.717) is 27.3 Å². The van der Waals surface area contributed by atoms with Crippen LogP contribution in [0.5, 0.6) is 0 Å². The summed E-state index contributed by atoms with van der Waals surface area (Å²) < 4.78 is 5.33. The molecule has 0 bridgehead atoms. The minimum atomic E-state index is -0.375. The molecule has 4 nitrogen and oxygen atoms in total. The smallest absolute Gasteiger partial charge is 0.341 e. The van der Waals surface area contributed by atoms with Gasteiger partial charge in [-0.15, -0.1) is 11.3 Å². The van der Waals surface area contributed by atoms with E-state index in [4.69, 9.17) is 28.6 Å². The summed E-state index contributed by atoms with van der Waals surface area (Å²) in [5.74, 6) is -0.375. The molecule has 0 atom stereocenters. The van der Waals surface area contributed by atoms with Crippen LogP contribution in [0.15, 0.2) is 48.5 Å². The fraction of sp³-hybridized carbons (Fsp3) is 0.182. The van der Waals surface area contributed by atoms with E-state index in [1.54, 1.807) is 6.92 Å². The van der Waals surface area contributed by atoms with Crippen LogP contribution in [0.4, 0.5) is 10.7 Å². The van der Waals surface area contributed by atoms with Crippen molar-refractivity contribution in [1.29, 1.82) is 0 Å². The summed E-state index contributed by atoms with van der Waals surface area (Å²) in [6.07, 6.45) is 0. The second kappa shape index (κ2) is 9.39. The van der Waals surface area contributed by atoms with Crippen LogP contribution in [-0.2, 0) is 4.74 Å². The van der Waals surface area contributed by atoms with E-state index in [9.17, 15) is 4.79 Å². The third-order valence-corrected chi connectivity index (χ3v) is 5.76. The highest BCUT2D eigenvalue weighted by Crippen LogP contribution is 2.40. The topological polar surface area (TPSA) is 50.4 Å². The SMILES string of the molecule is CCOC(=O)c1c(NC(=S)Nc2cc(Cl)ccc2C)sc(C)c1-c1ccccc1. The summed E-state index contributed by atoms with van der Waals surface area (Å²) in [7, 11) is 0. The molecular formula is C22H21ClN2O2S2. The summed E-state index contributed by atoms with van der Waals surface area (Å²) in [5, 5.41) is 7.97. The Balaban J connectivity index is 1.95. The molecule has 1 heterocycles. The number of hydrogen-bond acceptors (Lipinski definition) is 4. The number of carbonyl (C=O) groups is 1. The average molecular weight is 445 g/mol. The highest BCUT2D eigenvalue weighted by Gasteiger charge is 2.25. The van der Waals surface area contributed by atoms with Crippen molar-refractivity contribution < 1.29 is 9.53 Å². The molecule has 0 saturated carbocycles. The van der Waals surface area contributed by atoms with E-state index in [1.165, 1.54) is 11.3 Å². The van der Waals surface area contributed by atoms with Crippen LogP contribution in [0, 0.1) is 13.8 Å². The highest BCUT2D eigenvalue weighted by atomic mass is 35.5. The van der Waals surface area contributed by atoms with Crippen LogP contribution in [0.1, 0.15) is 27.7 Å². The van der Waals surface area contributed by atoms with Crippen molar-refractivity contribution in [3.05, 3.63) is 69.6 Å². The van der Waals surface area contributed by atoms with Gasteiger partial charge in [0.25, 0.3) is 0 Å². The fourth-order valence-electron chi connectivity index (χ4n) is 2.97. The van der Waals surface area contributed by atoms with Gasteiger partial charge in [-0.1, -0.05) is 48.0 Å². The van der Waals surface area contributed by atoms with Crippen LogP contribution in [0.3, 0.4) is 0 Å². The second-order valence-electron chi connectivity index (χ2n) is 6.36. The summed E-state index contributed by atoms with van der Waals surface area (Å²) in [5.41, 5.74) is 4.13. The number of ether oxygens (including phenoxy) is 1. The summed E-state index contributed by atoms with van der Waals surface area (Å²) in [6, 6.07) is 15.4. The van der Waals surface area contributed by atoms with Crippen molar-refractivity contribution >= 4 is 56.9 Å². The van der Waals surface area contributed by atoms with E-state index in [2.05, 4.69) is 10.6 Å². The van der Waals surface area contributed by atoms with E-state index in [1.807, 2.05) is 62.4 Å². The first-order chi connectivity index (χ1) is 13.9. The van der Waals surface area contributed by atoms with Gasteiger partial charge in [0.2, 0.25) is 0 Å². The van der Waals surface area contributed by atoms with Gasteiger partial charge in [-0.2, -0.15) is 0 Å². The van der Waals surface area contributed by atoms with Crippen LogP contribution >= 0.6 is 35.2 Å². The lowest BCUT2D eigenvalue weighted by Crippen LogP contribution is -2.20. The number of aryl methyl sites for hydroxylation is 2. The van der Waals surface area contributed by atoms with Gasteiger partial charge in [0.1, 0.15) is 10.6 Å². The number of anilines is 2. The molecule has 0 radical (unpaired) electrons. The first-order valence-electron chi connectivity index (χ1n) is 9.10. The molecule has 29 heavy (non-hydrogen) atoms. The molecule has 3 rings (SSSR count). The molecule has 7 heteroatoms. The normalized spacial score (nSPS) is 10.5. The molecule has 2 aromatic carbocycles. The molecule has 0 spiro atoms. The molecule has 150 valence electrons. The third kappa shape index (κ3) is 4.96. The van der Waals surface area contributed by atoms with E-state index in [0.717, 1.165) is 27.3 Å². The maximum absolute atomic E-state index is 12.8. The fourth-order valence-corrected chi connectivity index (χ4v) is 4.49. The first-order valence-corrected chi connectivity index (χ1v) is 10.7. The zero-order chi connectivity index (χ0) is 21.0. The quantitative estimate of drug-likeness (QED) is 0.340. The number of thiophene rings is 1. The van der Waals surface area contributed by atoms with Crippen molar-refractivity contribution in [2.75, 3.05) is 17.2 Å². The van der Waals surface area contributed by atoms with Crippen molar-refractivity contribution in [2.45, 2.75) is 20.8 Å². The molecule has 0 aliphatic carbocycles. The zero-order valence-corrected chi connectivity index (χ0v) is 18.7. The number of halogens is 1. The molecule has 0 aliphatic rings. The van der Waals surface area contributed by atoms with Crippen LogP contribution in [-0.4, -0.2) is 17.7 Å². The van der Waals surface area contributed by atoms with E-state index >= 15 is 0 Å². The van der Waals surface area contributed by atoms with Gasteiger partial charge >= 0.3 is 5.97 Å². The Kier molecular flexibility index (Phi) is 6.90. The molecule has 1 aromatic heterocycles. The predicted molar refractivity (Wildman–Crippen MR) is 126 cm³/mol. The Labute approximate surface area is 184 Å². The Morgan fingerprint density at radius 3 is 2.55 bits per heavy atom. The van der Waals surface area contributed by atoms with Gasteiger partial charge < -0.3 is 15.4 Å². The zero-order valence-electron chi connectivity index (χ0n) is 16.3. The van der Waals surface area contributed by atoms with Crippen LogP contribution in [0.2, 0.25) is 5.02 Å². The van der Waals surface area contributed by atoms with Gasteiger partial charge in [0.05, 0.1) is 6.61 Å². The third-order valence-electron chi connectivity index (χ3n) is 4.30. The molecular weight excluding hydrogens is 424 g/mol. The molecule has 0 fully saturated rings. The van der Waals surface area contributed by atoms with Crippen LogP contribution < -0.4 is 10.6 Å². The number of esters is 1. The van der Waals surface area contributed by atoms with Gasteiger partial charge in [-0.25, -0.2) is 4.79 Å². The molecule has 0 aliphatic heterocycles. The Hall–Kier alpha value is -2.41.